The van der Waals surface area contributed by atoms with Gasteiger partial charge in [0.1, 0.15) is 0 Å². The molecule has 0 fully saturated rings. The molecule has 0 radical (unpaired) electrons. The van der Waals surface area contributed by atoms with Gasteiger partial charge in [0.2, 0.25) is 0 Å². The highest BCUT2D eigenvalue weighted by Gasteiger charge is 2.18. The maximum atomic E-state index is 12.3. The lowest BCUT2D eigenvalue weighted by atomic mass is 10.0. The molecule has 144 valence electrons. The van der Waals surface area contributed by atoms with E-state index in [1.54, 1.807) is 13.8 Å². The van der Waals surface area contributed by atoms with Gasteiger partial charge in [-0.3, -0.25) is 0 Å². The number of nitrogens with zero attached hydrogens (tertiary/aromatic N) is 1. The van der Waals surface area contributed by atoms with E-state index in [9.17, 15) is 8.42 Å². The van der Waals surface area contributed by atoms with Crippen molar-refractivity contribution in [1.29, 1.82) is 0 Å². The highest BCUT2D eigenvalue weighted by atomic mass is 32.2. The molecule has 0 aliphatic rings. The van der Waals surface area contributed by atoms with E-state index in [0.29, 0.717) is 12.3 Å². The van der Waals surface area contributed by atoms with Crippen molar-refractivity contribution in [3.05, 3.63) is 60.3 Å². The highest BCUT2D eigenvalue weighted by Crippen LogP contribution is 2.29. The summed E-state index contributed by atoms with van der Waals surface area (Å²) < 4.78 is 26.8. The third-order valence-corrected chi connectivity index (χ3v) is 7.22. The Morgan fingerprint density at radius 2 is 1.63 bits per heavy atom. The summed E-state index contributed by atoms with van der Waals surface area (Å²) in [6.45, 7) is 8.84. The van der Waals surface area contributed by atoms with Gasteiger partial charge < -0.3 is 4.57 Å². The van der Waals surface area contributed by atoms with Gasteiger partial charge in [0.05, 0.1) is 11.0 Å². The van der Waals surface area contributed by atoms with E-state index in [4.69, 9.17) is 0 Å². The van der Waals surface area contributed by atoms with Crippen LogP contribution in [0.1, 0.15) is 33.3 Å². The minimum absolute atomic E-state index is 0.200. The highest BCUT2D eigenvalue weighted by molar-refractivity contribution is 7.91. The van der Waals surface area contributed by atoms with Gasteiger partial charge >= 0.3 is 0 Å². The van der Waals surface area contributed by atoms with Crippen molar-refractivity contribution in [2.45, 2.75) is 45.9 Å². The first kappa shape index (κ1) is 19.7. The van der Waals surface area contributed by atoms with Crippen LogP contribution in [0.25, 0.3) is 22.0 Å². The van der Waals surface area contributed by atoms with Gasteiger partial charge in [0, 0.05) is 23.6 Å². The van der Waals surface area contributed by atoms with E-state index in [-0.39, 0.29) is 11.0 Å². The molecule has 0 unspecified atom stereocenters. The molecule has 0 aliphatic carbocycles. The average Bonchev–Trinajstić information content (AvgIpc) is 2.97. The molecule has 1 aromatic heterocycles. The van der Waals surface area contributed by atoms with Gasteiger partial charge in [0.15, 0.2) is 9.84 Å². The second-order valence-corrected chi connectivity index (χ2v) is 10.6. The summed E-state index contributed by atoms with van der Waals surface area (Å²) in [5, 5.41) is 0.834. The second kappa shape index (κ2) is 7.89. The maximum Gasteiger partial charge on any atom is 0.152 e. The van der Waals surface area contributed by atoms with E-state index < -0.39 is 9.84 Å². The minimum Gasteiger partial charge on any atom is -0.347 e. The molecule has 0 amide bonds. The first-order valence-electron chi connectivity index (χ1n) is 9.66. The van der Waals surface area contributed by atoms with E-state index in [2.05, 4.69) is 67.1 Å². The van der Waals surface area contributed by atoms with Crippen LogP contribution in [0.2, 0.25) is 0 Å². The molecule has 0 N–H and O–H groups in total. The molecule has 0 atom stereocenters. The maximum absolute atomic E-state index is 12.3. The Labute approximate surface area is 162 Å². The molecular formula is C23H29NO2S. The third-order valence-electron chi connectivity index (χ3n) is 5.01. The zero-order valence-electron chi connectivity index (χ0n) is 16.6. The van der Waals surface area contributed by atoms with Crippen molar-refractivity contribution in [3.63, 3.8) is 0 Å². The number of fused-ring (bicyclic) bond motifs is 1. The molecule has 0 spiro atoms. The number of benzene rings is 2. The molecular weight excluding hydrogens is 354 g/mol. The van der Waals surface area contributed by atoms with Crippen LogP contribution in [0.4, 0.5) is 0 Å². The van der Waals surface area contributed by atoms with E-state index >= 15 is 0 Å². The monoisotopic (exact) mass is 383 g/mol. The van der Waals surface area contributed by atoms with Crippen molar-refractivity contribution in [1.82, 2.24) is 4.57 Å². The van der Waals surface area contributed by atoms with Crippen LogP contribution in [-0.4, -0.2) is 24.0 Å². The molecule has 0 saturated carbocycles. The molecule has 0 saturated heterocycles. The summed E-state index contributed by atoms with van der Waals surface area (Å²) >= 11 is 0. The Morgan fingerprint density at radius 3 is 2.26 bits per heavy atom. The van der Waals surface area contributed by atoms with Crippen LogP contribution in [0, 0.1) is 5.92 Å². The summed E-state index contributed by atoms with van der Waals surface area (Å²) in [6, 6.07) is 16.9. The van der Waals surface area contributed by atoms with Crippen LogP contribution >= 0.6 is 0 Å². The van der Waals surface area contributed by atoms with Crippen molar-refractivity contribution >= 4 is 20.7 Å². The molecule has 2 aromatic carbocycles. The first-order chi connectivity index (χ1) is 12.8. The van der Waals surface area contributed by atoms with Gasteiger partial charge in [-0.1, -0.05) is 56.3 Å². The van der Waals surface area contributed by atoms with Crippen molar-refractivity contribution in [2.75, 3.05) is 5.75 Å². The van der Waals surface area contributed by atoms with Gasteiger partial charge in [-0.25, -0.2) is 8.42 Å². The number of hydrogen-bond donors (Lipinski definition) is 0. The van der Waals surface area contributed by atoms with Crippen LogP contribution in [0.3, 0.4) is 0 Å². The lowest BCUT2D eigenvalue weighted by Gasteiger charge is -2.09. The van der Waals surface area contributed by atoms with Crippen molar-refractivity contribution < 1.29 is 8.42 Å². The molecule has 3 nitrogen and oxygen atoms in total. The van der Waals surface area contributed by atoms with Gasteiger partial charge in [-0.15, -0.1) is 0 Å². The fraction of sp³-hybridized carbons (Fsp3) is 0.391. The topological polar surface area (TPSA) is 39.1 Å². The Hall–Kier alpha value is -2.07. The minimum atomic E-state index is -3.04. The fourth-order valence-corrected chi connectivity index (χ4v) is 4.39. The van der Waals surface area contributed by atoms with Crippen LogP contribution in [0.5, 0.6) is 0 Å². The van der Waals surface area contributed by atoms with E-state index in [0.717, 1.165) is 17.5 Å². The molecule has 4 heteroatoms. The quantitative estimate of drug-likeness (QED) is 0.553. The summed E-state index contributed by atoms with van der Waals surface area (Å²) in [6.07, 6.45) is 2.71. The van der Waals surface area contributed by atoms with Crippen molar-refractivity contribution in [2.24, 2.45) is 5.92 Å². The number of aromatic nitrogens is 1. The standard InChI is InChI=1S/C23H29NO2S/c1-17(2)15-24-16-21(12-13-27(25,26)18(3)4)22-11-10-20(14-23(22)24)19-8-6-5-7-9-19/h5-11,14,16-18H,12-13,15H2,1-4H3. The SMILES string of the molecule is CC(C)Cn1cc(CCS(=O)(=O)C(C)C)c2ccc(-c3ccccc3)cc21. The largest absolute Gasteiger partial charge is 0.347 e. The number of aryl methyl sites for hydroxylation is 1. The number of hydrogen-bond acceptors (Lipinski definition) is 2. The molecule has 1 heterocycles. The summed E-state index contributed by atoms with van der Waals surface area (Å²) in [7, 11) is -3.04. The van der Waals surface area contributed by atoms with Gasteiger partial charge in [0.25, 0.3) is 0 Å². The zero-order chi connectivity index (χ0) is 19.6. The molecule has 27 heavy (non-hydrogen) atoms. The van der Waals surface area contributed by atoms with Crippen LogP contribution < -0.4 is 0 Å². The second-order valence-electron chi connectivity index (χ2n) is 7.96. The third kappa shape index (κ3) is 4.44. The number of sulfone groups is 1. The number of rotatable bonds is 7. The molecule has 3 aromatic rings. The average molecular weight is 384 g/mol. The smallest absolute Gasteiger partial charge is 0.152 e. The first-order valence-corrected chi connectivity index (χ1v) is 11.4. The normalized spacial score (nSPS) is 12.4. The predicted octanol–water partition coefficient (Wildman–Crippen LogP) is 5.33. The lowest BCUT2D eigenvalue weighted by molar-refractivity contribution is 0.534. The summed E-state index contributed by atoms with van der Waals surface area (Å²) in [5.74, 6) is 0.722. The molecule has 0 bridgehead atoms. The van der Waals surface area contributed by atoms with Gasteiger partial charge in [-0.05, 0) is 48.9 Å². The van der Waals surface area contributed by atoms with Crippen LogP contribution in [0.15, 0.2) is 54.7 Å². The zero-order valence-corrected chi connectivity index (χ0v) is 17.5. The molecule has 0 aliphatic heterocycles. The lowest BCUT2D eigenvalue weighted by Crippen LogP contribution is -2.19. The fourth-order valence-electron chi connectivity index (χ4n) is 3.41. The molecule has 3 rings (SSSR count). The van der Waals surface area contributed by atoms with E-state index in [1.807, 2.05) is 6.07 Å². The van der Waals surface area contributed by atoms with E-state index in [1.165, 1.54) is 16.6 Å². The summed E-state index contributed by atoms with van der Waals surface area (Å²) in [4.78, 5) is 0. The Balaban J connectivity index is 2.02. The summed E-state index contributed by atoms with van der Waals surface area (Å²) in [5.41, 5.74) is 4.68. The Bertz CT molecular complexity index is 1020. The van der Waals surface area contributed by atoms with Gasteiger partial charge in [-0.2, -0.15) is 0 Å². The van der Waals surface area contributed by atoms with Crippen molar-refractivity contribution in [3.8, 4) is 11.1 Å². The Kier molecular flexibility index (Phi) is 5.75. The predicted molar refractivity (Wildman–Crippen MR) is 115 cm³/mol. The van der Waals surface area contributed by atoms with Crippen LogP contribution in [-0.2, 0) is 22.8 Å². The Morgan fingerprint density at radius 1 is 0.926 bits per heavy atom.